The van der Waals surface area contributed by atoms with Crippen LogP contribution in [0.1, 0.15) is 12.8 Å². The largest absolute Gasteiger partial charge is 0.324 e. The number of para-hydroxylation sites is 2. The van der Waals surface area contributed by atoms with Gasteiger partial charge in [0.05, 0.1) is 22.9 Å². The first-order chi connectivity index (χ1) is 14.7. The van der Waals surface area contributed by atoms with Crippen LogP contribution in [-0.2, 0) is 9.59 Å². The van der Waals surface area contributed by atoms with E-state index in [1.165, 1.54) is 0 Å². The van der Waals surface area contributed by atoms with E-state index in [-0.39, 0.29) is 11.8 Å². The molecule has 3 rings (SSSR count). The first-order valence-corrected chi connectivity index (χ1v) is 14.2. The summed E-state index contributed by atoms with van der Waals surface area (Å²) in [7, 11) is 0. The molecule has 0 atom stereocenters. The molecule has 0 aromatic heterocycles. The molecule has 1 heterocycles. The van der Waals surface area contributed by atoms with Gasteiger partial charge in [-0.15, -0.1) is 23.5 Å². The number of thioether (sulfide) groups is 4. The van der Waals surface area contributed by atoms with Crippen LogP contribution in [0, 0.1) is 0 Å². The van der Waals surface area contributed by atoms with Crippen molar-refractivity contribution in [3.8, 4) is 0 Å². The minimum atomic E-state index is 0.0261. The van der Waals surface area contributed by atoms with Crippen LogP contribution in [-0.4, -0.2) is 46.3 Å². The molecule has 0 radical (unpaired) electrons. The van der Waals surface area contributed by atoms with E-state index in [1.54, 1.807) is 47.0 Å². The van der Waals surface area contributed by atoms with Gasteiger partial charge in [-0.3, -0.25) is 9.59 Å². The lowest BCUT2D eigenvalue weighted by Gasteiger charge is -2.12. The van der Waals surface area contributed by atoms with Crippen LogP contribution in [0.3, 0.4) is 0 Å². The number of amides is 2. The lowest BCUT2D eigenvalue weighted by molar-refractivity contribution is -0.114. The van der Waals surface area contributed by atoms with Crippen molar-refractivity contribution in [2.24, 2.45) is 0 Å². The van der Waals surface area contributed by atoms with Gasteiger partial charge < -0.3 is 10.6 Å². The highest BCUT2D eigenvalue weighted by Crippen LogP contribution is 2.30. The van der Waals surface area contributed by atoms with E-state index in [4.69, 9.17) is 0 Å². The first kappa shape index (κ1) is 23.4. The third-order valence-corrected chi connectivity index (χ3v) is 8.71. The van der Waals surface area contributed by atoms with E-state index in [9.17, 15) is 9.59 Å². The summed E-state index contributed by atoms with van der Waals surface area (Å²) in [4.78, 5) is 26.8. The van der Waals surface area contributed by atoms with Crippen LogP contribution in [0.2, 0.25) is 0 Å². The molecule has 0 spiro atoms. The molecule has 2 N–H and O–H groups in total. The Morgan fingerprint density at radius 2 is 1.03 bits per heavy atom. The van der Waals surface area contributed by atoms with Gasteiger partial charge >= 0.3 is 0 Å². The van der Waals surface area contributed by atoms with Crippen LogP contribution in [0.25, 0.3) is 0 Å². The van der Waals surface area contributed by atoms with E-state index >= 15 is 0 Å². The molecule has 2 aromatic rings. The summed E-state index contributed by atoms with van der Waals surface area (Å²) < 4.78 is 0. The fourth-order valence-electron chi connectivity index (χ4n) is 2.78. The summed E-state index contributed by atoms with van der Waals surface area (Å²) in [5.74, 6) is 4.61. The highest BCUT2D eigenvalue weighted by Gasteiger charge is 2.10. The SMILES string of the molecule is O=C1CSCCSCC(=O)Nc2ccccc2SCCCCSc2ccccc2N1. The van der Waals surface area contributed by atoms with Crippen LogP contribution >= 0.6 is 47.0 Å². The van der Waals surface area contributed by atoms with Gasteiger partial charge in [-0.05, 0) is 48.6 Å². The molecule has 160 valence electrons. The lowest BCUT2D eigenvalue weighted by atomic mass is 10.3. The average Bonchev–Trinajstić information content (AvgIpc) is 2.74. The molecule has 2 amide bonds. The van der Waals surface area contributed by atoms with Crippen molar-refractivity contribution in [1.29, 1.82) is 0 Å². The Labute approximate surface area is 195 Å². The Morgan fingerprint density at radius 3 is 1.50 bits per heavy atom. The lowest BCUT2D eigenvalue weighted by Crippen LogP contribution is -2.16. The molecule has 4 nitrogen and oxygen atoms in total. The molecule has 2 aromatic carbocycles. The third kappa shape index (κ3) is 8.13. The Morgan fingerprint density at radius 1 is 0.600 bits per heavy atom. The van der Waals surface area contributed by atoms with E-state index in [1.807, 2.05) is 36.4 Å². The fraction of sp³-hybridized carbons (Fsp3) is 0.364. The smallest absolute Gasteiger partial charge is 0.234 e. The maximum atomic E-state index is 12.3. The quantitative estimate of drug-likeness (QED) is 0.506. The number of hydrogen-bond acceptors (Lipinski definition) is 6. The highest BCUT2D eigenvalue weighted by atomic mass is 32.2. The average molecular weight is 479 g/mol. The minimum Gasteiger partial charge on any atom is -0.324 e. The van der Waals surface area contributed by atoms with Crippen molar-refractivity contribution >= 4 is 70.2 Å². The van der Waals surface area contributed by atoms with Crippen LogP contribution in [0.4, 0.5) is 11.4 Å². The molecule has 0 unspecified atom stereocenters. The molecule has 0 saturated carbocycles. The van der Waals surface area contributed by atoms with Crippen molar-refractivity contribution in [1.82, 2.24) is 0 Å². The molecule has 30 heavy (non-hydrogen) atoms. The highest BCUT2D eigenvalue weighted by molar-refractivity contribution is 8.03. The maximum Gasteiger partial charge on any atom is 0.234 e. The second-order valence-corrected chi connectivity index (χ2v) is 11.1. The van der Waals surface area contributed by atoms with Gasteiger partial charge in [-0.25, -0.2) is 0 Å². The molecule has 1 aliphatic heterocycles. The first-order valence-electron chi connectivity index (χ1n) is 9.91. The second-order valence-electron chi connectivity index (χ2n) is 6.60. The van der Waals surface area contributed by atoms with Crippen molar-refractivity contribution in [2.75, 3.05) is 45.2 Å². The normalized spacial score (nSPS) is 17.7. The summed E-state index contributed by atoms with van der Waals surface area (Å²) >= 11 is 6.79. The zero-order valence-corrected chi connectivity index (χ0v) is 20.0. The number of hydrogen-bond donors (Lipinski definition) is 2. The maximum absolute atomic E-state index is 12.3. The second kappa shape index (κ2) is 13.2. The van der Waals surface area contributed by atoms with Gasteiger partial charge in [0.1, 0.15) is 0 Å². The van der Waals surface area contributed by atoms with Crippen molar-refractivity contribution < 1.29 is 9.59 Å². The number of rotatable bonds is 0. The summed E-state index contributed by atoms with van der Waals surface area (Å²) in [5, 5.41) is 6.09. The van der Waals surface area contributed by atoms with Crippen LogP contribution in [0.15, 0.2) is 58.3 Å². The zero-order chi connectivity index (χ0) is 21.0. The van der Waals surface area contributed by atoms with Gasteiger partial charge in [0.25, 0.3) is 0 Å². The molecule has 0 bridgehead atoms. The number of benzene rings is 2. The van der Waals surface area contributed by atoms with Gasteiger partial charge in [0.15, 0.2) is 0 Å². The zero-order valence-electron chi connectivity index (χ0n) is 16.7. The van der Waals surface area contributed by atoms with Gasteiger partial charge in [0, 0.05) is 21.3 Å². The number of fused-ring (bicyclic) bond motifs is 2. The molecule has 1 aliphatic rings. The number of carbonyl (C=O) groups excluding carboxylic acids is 2. The van der Waals surface area contributed by atoms with Crippen molar-refractivity contribution in [3.63, 3.8) is 0 Å². The minimum absolute atomic E-state index is 0.0261. The van der Waals surface area contributed by atoms with Gasteiger partial charge in [0.2, 0.25) is 11.8 Å². The molecule has 8 heteroatoms. The van der Waals surface area contributed by atoms with E-state index in [0.29, 0.717) is 11.5 Å². The van der Waals surface area contributed by atoms with Gasteiger partial charge in [-0.2, -0.15) is 23.5 Å². The molecule has 0 aliphatic carbocycles. The summed E-state index contributed by atoms with van der Waals surface area (Å²) in [6.45, 7) is 0. The number of carbonyl (C=O) groups is 2. The van der Waals surface area contributed by atoms with E-state index in [2.05, 4.69) is 22.8 Å². The Kier molecular flexibility index (Phi) is 10.4. The summed E-state index contributed by atoms with van der Waals surface area (Å²) in [6.07, 6.45) is 2.20. The predicted molar refractivity (Wildman–Crippen MR) is 135 cm³/mol. The Hall–Kier alpha value is -1.22. The van der Waals surface area contributed by atoms with E-state index < -0.39 is 0 Å². The third-order valence-electron chi connectivity index (χ3n) is 4.21. The monoisotopic (exact) mass is 478 g/mol. The van der Waals surface area contributed by atoms with E-state index in [0.717, 1.165) is 57.0 Å². The Bertz CT molecular complexity index is 778. The van der Waals surface area contributed by atoms with Crippen LogP contribution in [0.5, 0.6) is 0 Å². The van der Waals surface area contributed by atoms with Crippen molar-refractivity contribution in [2.45, 2.75) is 22.6 Å². The van der Waals surface area contributed by atoms with Crippen LogP contribution < -0.4 is 10.6 Å². The summed E-state index contributed by atoms with van der Waals surface area (Å²) in [6, 6.07) is 16.0. The number of anilines is 2. The predicted octanol–water partition coefficient (Wildman–Crippen LogP) is 5.71. The molecule has 0 fully saturated rings. The summed E-state index contributed by atoms with van der Waals surface area (Å²) in [5.41, 5.74) is 1.80. The number of nitrogens with one attached hydrogen (secondary N) is 2. The van der Waals surface area contributed by atoms with Gasteiger partial charge in [-0.1, -0.05) is 24.3 Å². The Balaban J connectivity index is 1.62. The molecular weight excluding hydrogens is 453 g/mol. The topological polar surface area (TPSA) is 58.2 Å². The molecule has 0 saturated heterocycles. The van der Waals surface area contributed by atoms with Crippen molar-refractivity contribution in [3.05, 3.63) is 48.5 Å². The standard InChI is InChI=1S/C22H26N2O2S4/c25-21-15-27-13-14-28-16-22(26)24-18-8-2-4-10-20(18)30-12-6-5-11-29-19-9-3-1-7-17(19)23-21/h1-4,7-10H,5-6,11-16H2,(H,23,25)(H,24,26). The fourth-order valence-corrected chi connectivity index (χ4v) is 6.56. The molecular formula is C22H26N2O2S4.